The van der Waals surface area contributed by atoms with Crippen LogP contribution in [0.4, 0.5) is 4.79 Å². The second-order valence-electron chi connectivity index (χ2n) is 3.85. The number of carbonyl (C=O) groups excluding carboxylic acids is 3. The summed E-state index contributed by atoms with van der Waals surface area (Å²) in [6.45, 7) is 1.44. The zero-order valence-electron chi connectivity index (χ0n) is 10.7. The maximum absolute atomic E-state index is 11.5. The zero-order valence-corrected chi connectivity index (χ0v) is 10.7. The molecule has 0 rings (SSSR count). The van der Waals surface area contributed by atoms with Crippen molar-refractivity contribution in [2.75, 3.05) is 7.05 Å². The highest BCUT2D eigenvalue weighted by Gasteiger charge is 2.22. The lowest BCUT2D eigenvalue weighted by atomic mass is 10.1. The highest BCUT2D eigenvalue weighted by Crippen LogP contribution is 1.97. The van der Waals surface area contributed by atoms with Gasteiger partial charge in [0.1, 0.15) is 12.1 Å². The highest BCUT2D eigenvalue weighted by atomic mass is 16.4. The van der Waals surface area contributed by atoms with Crippen LogP contribution >= 0.6 is 0 Å². The quantitative estimate of drug-likeness (QED) is 0.369. The average Bonchev–Trinajstić information content (AvgIpc) is 2.32. The van der Waals surface area contributed by atoms with Crippen molar-refractivity contribution in [1.29, 1.82) is 0 Å². The summed E-state index contributed by atoms with van der Waals surface area (Å²) in [5, 5.41) is 15.6. The minimum Gasteiger partial charge on any atom is -0.480 e. The van der Waals surface area contributed by atoms with Crippen molar-refractivity contribution >= 4 is 23.8 Å². The number of carboxylic acids is 1. The molecular weight excluding hydrogens is 256 g/mol. The molecule has 0 aromatic carbocycles. The Hall–Kier alpha value is -2.32. The fourth-order valence-electron chi connectivity index (χ4n) is 1.22. The number of nitrogens with one attached hydrogen (secondary N) is 3. The van der Waals surface area contributed by atoms with E-state index < -0.39 is 35.9 Å². The molecule has 4 amide bonds. The number of rotatable bonds is 7. The predicted octanol–water partition coefficient (Wildman–Crippen LogP) is -1.86. The molecule has 9 heteroatoms. The summed E-state index contributed by atoms with van der Waals surface area (Å²) >= 11 is 0. The molecular formula is C10H18N4O5. The summed E-state index contributed by atoms with van der Waals surface area (Å²) < 4.78 is 0. The van der Waals surface area contributed by atoms with E-state index in [1.807, 2.05) is 0 Å². The normalized spacial score (nSPS) is 12.9. The molecule has 0 aliphatic carbocycles. The monoisotopic (exact) mass is 274 g/mol. The summed E-state index contributed by atoms with van der Waals surface area (Å²) in [6.07, 6.45) is -0.283. The van der Waals surface area contributed by atoms with Gasteiger partial charge >= 0.3 is 12.0 Å². The third-order valence-electron chi connectivity index (χ3n) is 2.27. The Bertz CT molecular complexity index is 371. The molecule has 0 fully saturated rings. The van der Waals surface area contributed by atoms with E-state index in [1.54, 1.807) is 0 Å². The van der Waals surface area contributed by atoms with Gasteiger partial charge in [-0.15, -0.1) is 0 Å². The summed E-state index contributed by atoms with van der Waals surface area (Å²) in [4.78, 5) is 44.0. The lowest BCUT2D eigenvalue weighted by molar-refractivity contribution is -0.139. The van der Waals surface area contributed by atoms with E-state index in [9.17, 15) is 19.2 Å². The van der Waals surface area contributed by atoms with Gasteiger partial charge in [0.15, 0.2) is 0 Å². The molecule has 0 aromatic rings. The fourth-order valence-corrected chi connectivity index (χ4v) is 1.22. The third kappa shape index (κ3) is 6.86. The van der Waals surface area contributed by atoms with E-state index in [1.165, 1.54) is 14.0 Å². The first-order chi connectivity index (χ1) is 8.77. The Labute approximate surface area is 109 Å². The van der Waals surface area contributed by atoms with E-state index in [2.05, 4.69) is 16.0 Å². The molecule has 0 aromatic heterocycles. The van der Waals surface area contributed by atoms with Crippen LogP contribution < -0.4 is 21.7 Å². The summed E-state index contributed by atoms with van der Waals surface area (Å²) in [6, 6.07) is -2.87. The molecule has 0 aliphatic heterocycles. The topological polar surface area (TPSA) is 151 Å². The van der Waals surface area contributed by atoms with Gasteiger partial charge in [-0.05, 0) is 13.3 Å². The Kier molecular flexibility index (Phi) is 6.94. The Balaban J connectivity index is 4.35. The Morgan fingerprint density at radius 2 is 1.79 bits per heavy atom. The largest absolute Gasteiger partial charge is 0.480 e. The van der Waals surface area contributed by atoms with Crippen LogP contribution in [-0.2, 0) is 14.4 Å². The second kappa shape index (κ2) is 7.90. The first-order valence-electron chi connectivity index (χ1n) is 5.57. The van der Waals surface area contributed by atoms with E-state index in [0.717, 1.165) is 0 Å². The lowest BCUT2D eigenvalue weighted by Crippen LogP contribution is -2.52. The fraction of sp³-hybridized carbons (Fsp3) is 0.600. The molecule has 19 heavy (non-hydrogen) atoms. The number of primary amides is 1. The first-order valence-corrected chi connectivity index (χ1v) is 5.57. The van der Waals surface area contributed by atoms with Gasteiger partial charge in [-0.1, -0.05) is 0 Å². The third-order valence-corrected chi connectivity index (χ3v) is 2.27. The molecule has 2 atom stereocenters. The highest BCUT2D eigenvalue weighted by molar-refractivity contribution is 5.88. The maximum atomic E-state index is 11.5. The molecule has 0 spiro atoms. The van der Waals surface area contributed by atoms with Crippen LogP contribution in [0.1, 0.15) is 19.8 Å². The first kappa shape index (κ1) is 16.7. The molecule has 1 unspecified atom stereocenters. The molecule has 0 radical (unpaired) electrons. The molecule has 0 bridgehead atoms. The minimum atomic E-state index is -1.29. The van der Waals surface area contributed by atoms with Gasteiger partial charge in [0.2, 0.25) is 11.8 Å². The van der Waals surface area contributed by atoms with Crippen molar-refractivity contribution in [2.45, 2.75) is 31.8 Å². The summed E-state index contributed by atoms with van der Waals surface area (Å²) in [5.74, 6) is -2.37. The molecule has 0 aliphatic rings. The van der Waals surface area contributed by atoms with E-state index >= 15 is 0 Å². The number of aliphatic carboxylic acids is 1. The summed E-state index contributed by atoms with van der Waals surface area (Å²) in [7, 11) is 1.41. The maximum Gasteiger partial charge on any atom is 0.326 e. The van der Waals surface area contributed by atoms with Gasteiger partial charge in [-0.3, -0.25) is 9.59 Å². The molecule has 0 saturated carbocycles. The number of carbonyl (C=O) groups is 4. The van der Waals surface area contributed by atoms with Crippen LogP contribution in [0.25, 0.3) is 0 Å². The number of amides is 4. The van der Waals surface area contributed by atoms with Crippen molar-refractivity contribution in [1.82, 2.24) is 16.0 Å². The smallest absolute Gasteiger partial charge is 0.326 e. The SMILES string of the molecule is CNC(=O)C(C)NC(=O)N[C@H](CCC(N)=O)C(=O)O. The molecule has 0 saturated heterocycles. The predicted molar refractivity (Wildman–Crippen MR) is 65.0 cm³/mol. The number of likely N-dealkylation sites (N-methyl/N-ethyl adjacent to an activating group) is 1. The minimum absolute atomic E-state index is 0.119. The van der Waals surface area contributed by atoms with Crippen LogP contribution in [0, 0.1) is 0 Å². The van der Waals surface area contributed by atoms with Crippen LogP contribution in [0.5, 0.6) is 0 Å². The second-order valence-corrected chi connectivity index (χ2v) is 3.85. The Morgan fingerprint density at radius 1 is 1.21 bits per heavy atom. The average molecular weight is 274 g/mol. The van der Waals surface area contributed by atoms with Crippen LogP contribution in [0.2, 0.25) is 0 Å². The number of hydrogen-bond donors (Lipinski definition) is 5. The van der Waals surface area contributed by atoms with Gasteiger partial charge in [0.25, 0.3) is 0 Å². The van der Waals surface area contributed by atoms with Gasteiger partial charge in [-0.25, -0.2) is 9.59 Å². The van der Waals surface area contributed by atoms with Gasteiger partial charge in [-0.2, -0.15) is 0 Å². The van der Waals surface area contributed by atoms with Gasteiger partial charge in [0.05, 0.1) is 0 Å². The van der Waals surface area contributed by atoms with Crippen molar-refractivity contribution in [3.63, 3.8) is 0 Å². The molecule has 9 nitrogen and oxygen atoms in total. The van der Waals surface area contributed by atoms with Crippen LogP contribution in [0.15, 0.2) is 0 Å². The summed E-state index contributed by atoms with van der Waals surface area (Å²) in [5.41, 5.74) is 4.90. The van der Waals surface area contributed by atoms with Crippen LogP contribution in [-0.4, -0.2) is 48.1 Å². The number of hydrogen-bond acceptors (Lipinski definition) is 4. The van der Waals surface area contributed by atoms with E-state index in [4.69, 9.17) is 10.8 Å². The van der Waals surface area contributed by atoms with E-state index in [-0.39, 0.29) is 12.8 Å². The van der Waals surface area contributed by atoms with Crippen molar-refractivity contribution in [2.24, 2.45) is 5.73 Å². The van der Waals surface area contributed by atoms with Crippen LogP contribution in [0.3, 0.4) is 0 Å². The van der Waals surface area contributed by atoms with Gasteiger partial charge in [0, 0.05) is 13.5 Å². The van der Waals surface area contributed by atoms with Crippen molar-refractivity contribution < 1.29 is 24.3 Å². The molecule has 0 heterocycles. The number of urea groups is 1. The number of nitrogens with two attached hydrogens (primary N) is 1. The van der Waals surface area contributed by atoms with Gasteiger partial charge < -0.3 is 26.8 Å². The molecule has 6 N–H and O–H groups in total. The van der Waals surface area contributed by atoms with E-state index in [0.29, 0.717) is 0 Å². The number of carboxylic acid groups (broad SMARTS) is 1. The molecule has 108 valence electrons. The lowest BCUT2D eigenvalue weighted by Gasteiger charge is -2.17. The Morgan fingerprint density at radius 3 is 2.21 bits per heavy atom. The van der Waals surface area contributed by atoms with Crippen molar-refractivity contribution in [3.05, 3.63) is 0 Å². The van der Waals surface area contributed by atoms with Crippen molar-refractivity contribution in [3.8, 4) is 0 Å². The standard InChI is InChI=1S/C10H18N4O5/c1-5(8(16)12-2)13-10(19)14-6(9(17)18)3-4-7(11)15/h5-6H,3-4H2,1-2H3,(H2,11,15)(H,12,16)(H,17,18)(H2,13,14,19)/t5?,6-/m1/s1. The zero-order chi connectivity index (χ0) is 15.0.